The first kappa shape index (κ1) is 11.4. The molecule has 1 heterocycles. The van der Waals surface area contributed by atoms with Crippen molar-refractivity contribution in [2.75, 3.05) is 12.4 Å². The number of nitrogens with zero attached hydrogens (tertiary/aromatic N) is 3. The summed E-state index contributed by atoms with van der Waals surface area (Å²) in [7, 11) is 3.55. The van der Waals surface area contributed by atoms with Crippen molar-refractivity contribution in [1.82, 2.24) is 14.8 Å². The van der Waals surface area contributed by atoms with E-state index in [9.17, 15) is 0 Å². The molecule has 0 saturated carbocycles. The number of rotatable bonds is 4. The number of anilines is 1. The molecule has 2 rings (SSSR count). The molecule has 0 saturated heterocycles. The molecule has 0 radical (unpaired) electrons. The minimum absolute atomic E-state index is 0.655. The Morgan fingerprint density at radius 1 is 1.41 bits per heavy atom. The molecule has 0 fully saturated rings. The van der Waals surface area contributed by atoms with E-state index in [0.29, 0.717) is 6.54 Å². The summed E-state index contributed by atoms with van der Waals surface area (Å²) in [6.45, 7) is 2.68. The Bertz CT molecular complexity index is 507. The first-order valence-corrected chi connectivity index (χ1v) is 5.42. The van der Waals surface area contributed by atoms with Crippen molar-refractivity contribution in [2.24, 2.45) is 7.05 Å². The summed E-state index contributed by atoms with van der Waals surface area (Å²) in [5.41, 5.74) is 2.15. The Kier molecular flexibility index (Phi) is 3.27. The summed E-state index contributed by atoms with van der Waals surface area (Å²) in [5, 5.41) is 7.32. The molecule has 1 N–H and O–H groups in total. The van der Waals surface area contributed by atoms with Crippen LogP contribution in [0.5, 0.6) is 5.75 Å². The van der Waals surface area contributed by atoms with Gasteiger partial charge in [-0.3, -0.25) is 4.68 Å². The van der Waals surface area contributed by atoms with Gasteiger partial charge in [-0.05, 0) is 30.7 Å². The molecule has 1 aromatic carbocycles. The fourth-order valence-corrected chi connectivity index (χ4v) is 1.65. The van der Waals surface area contributed by atoms with E-state index in [2.05, 4.69) is 21.5 Å². The van der Waals surface area contributed by atoms with Crippen molar-refractivity contribution in [3.63, 3.8) is 0 Å². The van der Waals surface area contributed by atoms with E-state index >= 15 is 0 Å². The number of hydrogen-bond donors (Lipinski definition) is 1. The zero-order valence-electron chi connectivity index (χ0n) is 10.3. The van der Waals surface area contributed by atoms with Crippen molar-refractivity contribution in [3.8, 4) is 5.75 Å². The van der Waals surface area contributed by atoms with Crippen LogP contribution in [0.4, 0.5) is 5.69 Å². The summed E-state index contributed by atoms with van der Waals surface area (Å²) >= 11 is 0. The van der Waals surface area contributed by atoms with Crippen LogP contribution >= 0.6 is 0 Å². The molecule has 0 amide bonds. The Balaban J connectivity index is 2.05. The normalized spacial score (nSPS) is 10.3. The largest absolute Gasteiger partial charge is 0.496 e. The molecular formula is C12H16N4O. The average Bonchev–Trinajstić information content (AvgIpc) is 2.72. The minimum atomic E-state index is 0.655. The predicted molar refractivity (Wildman–Crippen MR) is 66.1 cm³/mol. The fraction of sp³-hybridized carbons (Fsp3) is 0.333. The summed E-state index contributed by atoms with van der Waals surface area (Å²) < 4.78 is 6.97. The van der Waals surface area contributed by atoms with Crippen LogP contribution in [0, 0.1) is 6.92 Å². The highest BCUT2D eigenvalue weighted by molar-refractivity contribution is 5.50. The van der Waals surface area contributed by atoms with Gasteiger partial charge in [0.25, 0.3) is 0 Å². The second-order valence-corrected chi connectivity index (χ2v) is 3.84. The molecule has 0 aliphatic carbocycles. The molecular weight excluding hydrogens is 216 g/mol. The topological polar surface area (TPSA) is 52.0 Å². The van der Waals surface area contributed by atoms with Gasteiger partial charge in [0, 0.05) is 12.7 Å². The molecule has 0 aliphatic heterocycles. The monoisotopic (exact) mass is 232 g/mol. The van der Waals surface area contributed by atoms with Crippen molar-refractivity contribution in [1.29, 1.82) is 0 Å². The third-order valence-electron chi connectivity index (χ3n) is 2.65. The number of hydrogen-bond acceptors (Lipinski definition) is 4. The highest BCUT2D eigenvalue weighted by atomic mass is 16.5. The number of ether oxygens (including phenoxy) is 1. The molecule has 90 valence electrons. The molecule has 0 unspecified atom stereocenters. The van der Waals surface area contributed by atoms with Crippen LogP contribution in [-0.4, -0.2) is 21.9 Å². The van der Waals surface area contributed by atoms with Gasteiger partial charge in [0.05, 0.1) is 13.7 Å². The van der Waals surface area contributed by atoms with Crippen LogP contribution in [-0.2, 0) is 13.6 Å². The minimum Gasteiger partial charge on any atom is -0.496 e. The molecule has 0 bridgehead atoms. The van der Waals surface area contributed by atoms with Crippen molar-refractivity contribution in [2.45, 2.75) is 13.5 Å². The van der Waals surface area contributed by atoms with Crippen LogP contribution in [0.25, 0.3) is 0 Å². The molecule has 0 aliphatic rings. The number of aryl methyl sites for hydroxylation is 2. The molecule has 17 heavy (non-hydrogen) atoms. The second kappa shape index (κ2) is 4.86. The number of benzene rings is 1. The first-order chi connectivity index (χ1) is 8.20. The predicted octanol–water partition coefficient (Wildman–Crippen LogP) is 1.74. The lowest BCUT2D eigenvalue weighted by atomic mass is 10.2. The zero-order valence-corrected chi connectivity index (χ0v) is 10.3. The van der Waals surface area contributed by atoms with Gasteiger partial charge < -0.3 is 10.1 Å². The summed E-state index contributed by atoms with van der Waals surface area (Å²) in [5.74, 6) is 1.80. The molecule has 0 atom stereocenters. The Labute approximate surface area is 100 Å². The third kappa shape index (κ3) is 2.55. The van der Waals surface area contributed by atoms with E-state index < -0.39 is 0 Å². The van der Waals surface area contributed by atoms with Gasteiger partial charge in [-0.2, -0.15) is 5.10 Å². The number of methoxy groups -OCH3 is 1. The van der Waals surface area contributed by atoms with Crippen molar-refractivity contribution < 1.29 is 4.74 Å². The van der Waals surface area contributed by atoms with E-state index in [1.807, 2.05) is 26.1 Å². The molecule has 2 aromatic rings. The Morgan fingerprint density at radius 2 is 2.24 bits per heavy atom. The fourth-order valence-electron chi connectivity index (χ4n) is 1.65. The number of aromatic nitrogens is 3. The molecule has 5 heteroatoms. The highest BCUT2D eigenvalue weighted by Crippen LogP contribution is 2.21. The molecule has 5 nitrogen and oxygen atoms in total. The first-order valence-electron chi connectivity index (χ1n) is 5.42. The van der Waals surface area contributed by atoms with E-state index in [4.69, 9.17) is 4.74 Å². The average molecular weight is 232 g/mol. The maximum Gasteiger partial charge on any atom is 0.145 e. The van der Waals surface area contributed by atoms with Crippen LogP contribution in [0.2, 0.25) is 0 Å². The third-order valence-corrected chi connectivity index (χ3v) is 2.65. The van der Waals surface area contributed by atoms with E-state index in [-0.39, 0.29) is 0 Å². The van der Waals surface area contributed by atoms with Gasteiger partial charge in [-0.25, -0.2) is 4.98 Å². The molecule has 0 spiro atoms. The van der Waals surface area contributed by atoms with Gasteiger partial charge >= 0.3 is 0 Å². The van der Waals surface area contributed by atoms with Crippen LogP contribution in [0.15, 0.2) is 24.5 Å². The summed E-state index contributed by atoms with van der Waals surface area (Å²) in [6, 6.07) is 5.99. The maximum atomic E-state index is 5.22. The van der Waals surface area contributed by atoms with Crippen LogP contribution < -0.4 is 10.1 Å². The van der Waals surface area contributed by atoms with Crippen LogP contribution in [0.1, 0.15) is 11.4 Å². The zero-order chi connectivity index (χ0) is 12.3. The highest BCUT2D eigenvalue weighted by Gasteiger charge is 2.02. The summed E-state index contributed by atoms with van der Waals surface area (Å²) in [4.78, 5) is 4.15. The van der Waals surface area contributed by atoms with Gasteiger partial charge in [0.2, 0.25) is 0 Å². The van der Waals surface area contributed by atoms with E-state index in [1.165, 1.54) is 0 Å². The van der Waals surface area contributed by atoms with Gasteiger partial charge in [-0.1, -0.05) is 0 Å². The van der Waals surface area contributed by atoms with Gasteiger partial charge in [0.15, 0.2) is 0 Å². The lowest BCUT2D eigenvalue weighted by Gasteiger charge is -2.09. The maximum absolute atomic E-state index is 5.22. The smallest absolute Gasteiger partial charge is 0.145 e. The Morgan fingerprint density at radius 3 is 2.82 bits per heavy atom. The van der Waals surface area contributed by atoms with E-state index in [1.54, 1.807) is 18.1 Å². The van der Waals surface area contributed by atoms with Crippen LogP contribution in [0.3, 0.4) is 0 Å². The van der Waals surface area contributed by atoms with Crippen molar-refractivity contribution in [3.05, 3.63) is 35.9 Å². The lowest BCUT2D eigenvalue weighted by molar-refractivity contribution is 0.412. The van der Waals surface area contributed by atoms with E-state index in [0.717, 1.165) is 22.8 Å². The van der Waals surface area contributed by atoms with Gasteiger partial charge in [0.1, 0.15) is 17.9 Å². The summed E-state index contributed by atoms with van der Waals surface area (Å²) in [6.07, 6.45) is 1.55. The number of nitrogens with one attached hydrogen (secondary N) is 1. The Hall–Kier alpha value is -2.04. The lowest BCUT2D eigenvalue weighted by Crippen LogP contribution is -2.06. The van der Waals surface area contributed by atoms with Crippen molar-refractivity contribution >= 4 is 5.69 Å². The van der Waals surface area contributed by atoms with Gasteiger partial charge in [-0.15, -0.1) is 0 Å². The molecule has 1 aromatic heterocycles. The SMILES string of the molecule is COc1ccc(NCc2ncnn2C)cc1C. The second-order valence-electron chi connectivity index (χ2n) is 3.84. The quantitative estimate of drug-likeness (QED) is 0.872. The standard InChI is InChI=1S/C12H16N4O/c1-9-6-10(4-5-11(9)17-3)13-7-12-14-8-15-16(12)2/h4-6,8,13H,7H2,1-3H3.